The Morgan fingerprint density at radius 2 is 1.56 bits per heavy atom. The summed E-state index contributed by atoms with van der Waals surface area (Å²) in [5.41, 5.74) is 2.18. The number of aromatic nitrogens is 1. The van der Waals surface area contributed by atoms with Gasteiger partial charge in [0, 0.05) is 23.5 Å². The van der Waals surface area contributed by atoms with Crippen molar-refractivity contribution in [3.8, 4) is 5.75 Å². The lowest BCUT2D eigenvalue weighted by molar-refractivity contribution is -0.123. The molecular weight excluding hydrogens is 340 g/mol. The van der Waals surface area contributed by atoms with Crippen molar-refractivity contribution in [3.05, 3.63) is 95.8 Å². The van der Waals surface area contributed by atoms with Gasteiger partial charge in [-0.25, -0.2) is 0 Å². The van der Waals surface area contributed by atoms with E-state index in [-0.39, 0.29) is 24.3 Å². The number of rotatable bonds is 7. The van der Waals surface area contributed by atoms with E-state index in [1.165, 1.54) is 0 Å². The maximum atomic E-state index is 12.4. The highest BCUT2D eigenvalue weighted by Gasteiger charge is 2.11. The molecule has 3 rings (SSSR count). The third-order valence-electron chi connectivity index (χ3n) is 4.11. The van der Waals surface area contributed by atoms with Gasteiger partial charge in [0.15, 0.2) is 12.4 Å². The quantitative estimate of drug-likeness (QED) is 0.654. The van der Waals surface area contributed by atoms with Gasteiger partial charge in [0.05, 0.1) is 6.04 Å². The van der Waals surface area contributed by atoms with Crippen LogP contribution < -0.4 is 10.1 Å². The first-order valence-corrected chi connectivity index (χ1v) is 8.65. The number of ketones is 1. The number of benzene rings is 2. The maximum absolute atomic E-state index is 12.4. The first kappa shape index (κ1) is 18.3. The van der Waals surface area contributed by atoms with Crippen LogP contribution in [0.2, 0.25) is 0 Å². The number of hydrogen-bond acceptors (Lipinski definition) is 4. The zero-order valence-corrected chi connectivity index (χ0v) is 15.0. The maximum Gasteiger partial charge on any atom is 0.258 e. The number of nitrogens with zero attached hydrogens (tertiary/aromatic N) is 1. The Kier molecular flexibility index (Phi) is 5.94. The molecule has 1 amide bonds. The highest BCUT2D eigenvalue weighted by Crippen LogP contribution is 2.16. The van der Waals surface area contributed by atoms with Crippen molar-refractivity contribution >= 4 is 11.7 Å². The molecule has 0 aliphatic heterocycles. The largest absolute Gasteiger partial charge is 0.484 e. The van der Waals surface area contributed by atoms with Crippen molar-refractivity contribution < 1.29 is 14.3 Å². The molecule has 1 N–H and O–H groups in total. The summed E-state index contributed by atoms with van der Waals surface area (Å²) in [4.78, 5) is 28.4. The third kappa shape index (κ3) is 5.01. The number of nitrogens with one attached hydrogen (secondary N) is 1. The average Bonchev–Trinajstić information content (AvgIpc) is 2.73. The number of carbonyl (C=O) groups is 2. The molecule has 0 radical (unpaired) electrons. The lowest BCUT2D eigenvalue weighted by Gasteiger charge is -2.14. The molecule has 5 heteroatoms. The van der Waals surface area contributed by atoms with Gasteiger partial charge >= 0.3 is 0 Å². The van der Waals surface area contributed by atoms with E-state index in [2.05, 4.69) is 10.3 Å². The SMILES string of the molecule is C[C@@H](NC(=O)COc1ccc(C(=O)c2ccccc2)cc1)c1ccncc1. The molecule has 0 fully saturated rings. The second-order valence-electron chi connectivity index (χ2n) is 6.08. The van der Waals surface area contributed by atoms with E-state index in [1.807, 2.05) is 37.3 Å². The van der Waals surface area contributed by atoms with Gasteiger partial charge in [-0.3, -0.25) is 14.6 Å². The van der Waals surface area contributed by atoms with E-state index in [0.717, 1.165) is 5.56 Å². The minimum Gasteiger partial charge on any atom is -0.484 e. The summed E-state index contributed by atoms with van der Waals surface area (Å²) in [7, 11) is 0. The molecular formula is C22H20N2O3. The van der Waals surface area contributed by atoms with Crippen LogP contribution in [0.3, 0.4) is 0 Å². The van der Waals surface area contributed by atoms with Gasteiger partial charge in [-0.1, -0.05) is 30.3 Å². The van der Waals surface area contributed by atoms with Gasteiger partial charge in [0.2, 0.25) is 0 Å². The lowest BCUT2D eigenvalue weighted by atomic mass is 10.0. The summed E-state index contributed by atoms with van der Waals surface area (Å²) in [6, 6.07) is 19.4. The normalized spacial score (nSPS) is 11.4. The van der Waals surface area contributed by atoms with E-state index >= 15 is 0 Å². The molecule has 1 atom stereocenters. The molecule has 1 aromatic heterocycles. The summed E-state index contributed by atoms with van der Waals surface area (Å²) < 4.78 is 5.51. The van der Waals surface area contributed by atoms with E-state index in [9.17, 15) is 9.59 Å². The molecule has 0 aliphatic carbocycles. The second-order valence-corrected chi connectivity index (χ2v) is 6.08. The van der Waals surface area contributed by atoms with E-state index in [0.29, 0.717) is 16.9 Å². The van der Waals surface area contributed by atoms with Crippen LogP contribution in [0, 0.1) is 0 Å². The topological polar surface area (TPSA) is 68.3 Å². The number of carbonyl (C=O) groups excluding carboxylic acids is 2. The van der Waals surface area contributed by atoms with Gasteiger partial charge in [-0.15, -0.1) is 0 Å². The van der Waals surface area contributed by atoms with Crippen molar-refractivity contribution in [3.63, 3.8) is 0 Å². The minimum atomic E-state index is -0.219. The van der Waals surface area contributed by atoms with Gasteiger partial charge in [-0.05, 0) is 48.9 Å². The molecule has 136 valence electrons. The molecule has 27 heavy (non-hydrogen) atoms. The van der Waals surface area contributed by atoms with E-state index < -0.39 is 0 Å². The summed E-state index contributed by atoms with van der Waals surface area (Å²) in [6.07, 6.45) is 3.37. The molecule has 0 saturated heterocycles. The molecule has 0 spiro atoms. The second kappa shape index (κ2) is 8.76. The summed E-state index contributed by atoms with van der Waals surface area (Å²) >= 11 is 0. The van der Waals surface area contributed by atoms with Crippen LogP contribution >= 0.6 is 0 Å². The molecule has 2 aromatic carbocycles. The van der Waals surface area contributed by atoms with Crippen molar-refractivity contribution in [1.82, 2.24) is 10.3 Å². The summed E-state index contributed by atoms with van der Waals surface area (Å²) in [5, 5.41) is 2.87. The van der Waals surface area contributed by atoms with Crippen molar-refractivity contribution in [1.29, 1.82) is 0 Å². The standard InChI is InChI=1S/C22H20N2O3/c1-16(17-11-13-23-14-12-17)24-21(25)15-27-20-9-7-19(8-10-20)22(26)18-5-3-2-4-6-18/h2-14,16H,15H2,1H3,(H,24,25)/t16-/m1/s1. The summed E-state index contributed by atoms with van der Waals surface area (Å²) in [5.74, 6) is 0.265. The Hall–Kier alpha value is -3.47. The molecule has 0 saturated carbocycles. The van der Waals surface area contributed by atoms with E-state index in [4.69, 9.17) is 4.74 Å². The van der Waals surface area contributed by atoms with Crippen LogP contribution in [0.25, 0.3) is 0 Å². The zero-order valence-electron chi connectivity index (χ0n) is 15.0. The fourth-order valence-corrected chi connectivity index (χ4v) is 2.63. The first-order chi connectivity index (χ1) is 13.1. The highest BCUT2D eigenvalue weighted by molar-refractivity contribution is 6.08. The van der Waals surface area contributed by atoms with Gasteiger partial charge in [0.1, 0.15) is 5.75 Å². The predicted molar refractivity (Wildman–Crippen MR) is 103 cm³/mol. The monoisotopic (exact) mass is 360 g/mol. The van der Waals surface area contributed by atoms with Crippen molar-refractivity contribution in [2.75, 3.05) is 6.61 Å². The zero-order chi connectivity index (χ0) is 19.1. The Balaban J connectivity index is 1.53. The Bertz CT molecular complexity index is 894. The lowest BCUT2D eigenvalue weighted by Crippen LogP contribution is -2.31. The minimum absolute atomic E-state index is 0.0499. The fourth-order valence-electron chi connectivity index (χ4n) is 2.63. The van der Waals surface area contributed by atoms with Crippen molar-refractivity contribution in [2.45, 2.75) is 13.0 Å². The molecule has 0 unspecified atom stereocenters. The number of pyridine rings is 1. The fraction of sp³-hybridized carbons (Fsp3) is 0.136. The molecule has 3 aromatic rings. The van der Waals surface area contributed by atoms with Crippen LogP contribution in [0.15, 0.2) is 79.1 Å². The molecule has 5 nitrogen and oxygen atoms in total. The number of ether oxygens (including phenoxy) is 1. The Labute approximate surface area is 158 Å². The van der Waals surface area contributed by atoms with Gasteiger partial charge in [-0.2, -0.15) is 0 Å². The molecule has 1 heterocycles. The Morgan fingerprint density at radius 3 is 2.22 bits per heavy atom. The average molecular weight is 360 g/mol. The van der Waals surface area contributed by atoms with Crippen LogP contribution in [-0.2, 0) is 4.79 Å². The van der Waals surface area contributed by atoms with Gasteiger partial charge in [0.25, 0.3) is 5.91 Å². The van der Waals surface area contributed by atoms with Crippen LogP contribution in [-0.4, -0.2) is 23.3 Å². The Morgan fingerprint density at radius 1 is 0.926 bits per heavy atom. The first-order valence-electron chi connectivity index (χ1n) is 8.65. The number of amides is 1. The third-order valence-corrected chi connectivity index (χ3v) is 4.11. The van der Waals surface area contributed by atoms with Crippen LogP contribution in [0.5, 0.6) is 5.75 Å². The van der Waals surface area contributed by atoms with Crippen LogP contribution in [0.4, 0.5) is 0 Å². The van der Waals surface area contributed by atoms with E-state index in [1.54, 1.807) is 48.8 Å². The van der Waals surface area contributed by atoms with Crippen molar-refractivity contribution in [2.24, 2.45) is 0 Å². The molecule has 0 bridgehead atoms. The highest BCUT2D eigenvalue weighted by atomic mass is 16.5. The van der Waals surface area contributed by atoms with Crippen LogP contribution in [0.1, 0.15) is 34.5 Å². The predicted octanol–water partition coefficient (Wildman–Crippen LogP) is 3.57. The smallest absolute Gasteiger partial charge is 0.258 e. The number of hydrogen-bond donors (Lipinski definition) is 1. The van der Waals surface area contributed by atoms with Gasteiger partial charge < -0.3 is 10.1 Å². The summed E-state index contributed by atoms with van der Waals surface area (Å²) in [6.45, 7) is 1.80. The molecule has 0 aliphatic rings.